The summed E-state index contributed by atoms with van der Waals surface area (Å²) in [6.45, 7) is 1.38. The van der Waals surface area contributed by atoms with E-state index in [9.17, 15) is 27.6 Å². The summed E-state index contributed by atoms with van der Waals surface area (Å²) < 4.78 is 27.5. The summed E-state index contributed by atoms with van der Waals surface area (Å²) in [5, 5.41) is 10.0. The monoisotopic (exact) mass is 475 g/mol. The average molecular weight is 476 g/mol. The second-order valence-corrected chi connectivity index (χ2v) is 8.64. The Labute approximate surface area is 191 Å². The van der Waals surface area contributed by atoms with Crippen molar-refractivity contribution in [2.24, 2.45) is 5.14 Å². The standard InChI is InChI=1S/C22H25N3O7S/c1-15(22(29)25-17-7-9-18(10-8-17)33(23,30)31)32-21(28)13-14-24-20(27)12-11-19(26)16-5-3-2-4-6-16/h2-10,15H,11-14H2,1H3,(H,24,27)(H,25,29)(H2,23,30,31). The first kappa shape index (κ1) is 25.7. The third kappa shape index (κ3) is 8.83. The number of primary sulfonamides is 1. The van der Waals surface area contributed by atoms with Crippen LogP contribution in [0.2, 0.25) is 0 Å². The highest BCUT2D eigenvalue weighted by atomic mass is 32.2. The number of anilines is 1. The van der Waals surface area contributed by atoms with Gasteiger partial charge in [0.1, 0.15) is 0 Å². The molecule has 0 spiro atoms. The molecule has 0 saturated heterocycles. The van der Waals surface area contributed by atoms with E-state index in [-0.39, 0.29) is 42.4 Å². The number of ketones is 1. The minimum Gasteiger partial charge on any atom is -0.452 e. The molecule has 2 aromatic rings. The van der Waals surface area contributed by atoms with E-state index in [4.69, 9.17) is 9.88 Å². The number of Topliss-reactive ketones (excluding diaryl/α,β-unsaturated/α-hetero) is 1. The molecular weight excluding hydrogens is 450 g/mol. The topological polar surface area (TPSA) is 162 Å². The molecule has 2 amide bonds. The van der Waals surface area contributed by atoms with E-state index >= 15 is 0 Å². The Balaban J connectivity index is 1.68. The number of carbonyl (C=O) groups excluding carboxylic acids is 4. The first-order chi connectivity index (χ1) is 15.6. The van der Waals surface area contributed by atoms with Crippen LogP contribution in [-0.2, 0) is 29.1 Å². The van der Waals surface area contributed by atoms with Crippen molar-refractivity contribution in [1.29, 1.82) is 0 Å². The first-order valence-corrected chi connectivity index (χ1v) is 11.6. The maximum atomic E-state index is 12.1. The number of hydrogen-bond acceptors (Lipinski definition) is 7. The minimum absolute atomic E-state index is 0.000553. The van der Waals surface area contributed by atoms with Crippen LogP contribution in [0.1, 0.15) is 36.5 Å². The summed E-state index contributed by atoms with van der Waals surface area (Å²) in [5.41, 5.74) is 0.828. The Hall–Kier alpha value is -3.57. The lowest BCUT2D eigenvalue weighted by Crippen LogP contribution is -2.32. The molecule has 0 heterocycles. The molecule has 0 radical (unpaired) electrons. The van der Waals surface area contributed by atoms with Crippen LogP contribution in [0.4, 0.5) is 5.69 Å². The molecule has 33 heavy (non-hydrogen) atoms. The van der Waals surface area contributed by atoms with Gasteiger partial charge in [-0.15, -0.1) is 0 Å². The van der Waals surface area contributed by atoms with Gasteiger partial charge in [-0.25, -0.2) is 13.6 Å². The smallest absolute Gasteiger partial charge is 0.308 e. The van der Waals surface area contributed by atoms with Gasteiger partial charge < -0.3 is 15.4 Å². The Morgan fingerprint density at radius 2 is 1.58 bits per heavy atom. The van der Waals surface area contributed by atoms with E-state index in [0.717, 1.165) is 0 Å². The zero-order chi connectivity index (χ0) is 24.4. The van der Waals surface area contributed by atoms with Gasteiger partial charge in [-0.05, 0) is 31.2 Å². The van der Waals surface area contributed by atoms with Gasteiger partial charge in [-0.1, -0.05) is 30.3 Å². The summed E-state index contributed by atoms with van der Waals surface area (Å²) in [5.74, 6) is -1.83. The number of carbonyl (C=O) groups is 4. The van der Waals surface area contributed by atoms with Crippen molar-refractivity contribution in [3.8, 4) is 0 Å². The van der Waals surface area contributed by atoms with Crippen molar-refractivity contribution in [3.05, 3.63) is 60.2 Å². The quantitative estimate of drug-likeness (QED) is 0.326. The predicted molar refractivity (Wildman–Crippen MR) is 120 cm³/mol. The third-order valence-corrected chi connectivity index (χ3v) is 5.38. The number of nitrogens with one attached hydrogen (secondary N) is 2. The van der Waals surface area contributed by atoms with Crippen LogP contribution in [0.5, 0.6) is 0 Å². The number of esters is 1. The third-order valence-electron chi connectivity index (χ3n) is 4.45. The highest BCUT2D eigenvalue weighted by Gasteiger charge is 2.18. The maximum absolute atomic E-state index is 12.1. The van der Waals surface area contributed by atoms with Crippen molar-refractivity contribution in [2.45, 2.75) is 37.2 Å². The maximum Gasteiger partial charge on any atom is 0.308 e. The van der Waals surface area contributed by atoms with Crippen molar-refractivity contribution < 1.29 is 32.3 Å². The van der Waals surface area contributed by atoms with Crippen molar-refractivity contribution >= 4 is 39.3 Å². The molecule has 11 heteroatoms. The van der Waals surface area contributed by atoms with Crippen LogP contribution in [0.3, 0.4) is 0 Å². The zero-order valence-corrected chi connectivity index (χ0v) is 18.8. The molecule has 2 aromatic carbocycles. The lowest BCUT2D eigenvalue weighted by Gasteiger charge is -2.14. The molecule has 0 aliphatic carbocycles. The first-order valence-electron chi connectivity index (χ1n) is 10.0. The highest BCUT2D eigenvalue weighted by molar-refractivity contribution is 7.89. The predicted octanol–water partition coefficient (Wildman–Crippen LogP) is 1.37. The van der Waals surface area contributed by atoms with Crippen molar-refractivity contribution in [2.75, 3.05) is 11.9 Å². The summed E-state index contributed by atoms with van der Waals surface area (Å²) >= 11 is 0. The molecule has 1 unspecified atom stereocenters. The van der Waals surface area contributed by atoms with Gasteiger partial charge in [0.25, 0.3) is 5.91 Å². The fourth-order valence-corrected chi connectivity index (χ4v) is 3.18. The number of rotatable bonds is 11. The summed E-state index contributed by atoms with van der Waals surface area (Å²) in [4.78, 5) is 47.8. The fourth-order valence-electron chi connectivity index (χ4n) is 2.67. The number of nitrogens with two attached hydrogens (primary N) is 1. The summed E-state index contributed by atoms with van der Waals surface area (Å²) in [6, 6.07) is 13.8. The van der Waals surface area contributed by atoms with E-state index in [1.54, 1.807) is 30.3 Å². The van der Waals surface area contributed by atoms with Crippen LogP contribution in [-0.4, -0.2) is 44.6 Å². The van der Waals surface area contributed by atoms with Crippen molar-refractivity contribution in [3.63, 3.8) is 0 Å². The molecule has 1 atom stereocenters. The molecule has 0 aliphatic heterocycles. The molecule has 0 aliphatic rings. The molecule has 10 nitrogen and oxygen atoms in total. The molecule has 0 saturated carbocycles. The van der Waals surface area contributed by atoms with Crippen LogP contribution < -0.4 is 15.8 Å². The van der Waals surface area contributed by atoms with Gasteiger partial charge >= 0.3 is 5.97 Å². The van der Waals surface area contributed by atoms with E-state index < -0.39 is 28.0 Å². The normalized spacial score (nSPS) is 11.8. The SMILES string of the molecule is CC(OC(=O)CCNC(=O)CCC(=O)c1ccccc1)C(=O)Nc1ccc(S(N)(=O)=O)cc1. The molecule has 0 aromatic heterocycles. The number of hydrogen-bond donors (Lipinski definition) is 3. The fraction of sp³-hybridized carbons (Fsp3) is 0.273. The van der Waals surface area contributed by atoms with E-state index in [1.165, 1.54) is 31.2 Å². The molecular formula is C22H25N3O7S. The van der Waals surface area contributed by atoms with Gasteiger partial charge in [0.2, 0.25) is 15.9 Å². The Kier molecular flexibility index (Phi) is 9.25. The minimum atomic E-state index is -3.84. The van der Waals surface area contributed by atoms with Gasteiger partial charge in [0, 0.05) is 30.6 Å². The number of benzene rings is 2. The number of sulfonamides is 1. The molecule has 0 fully saturated rings. The summed E-state index contributed by atoms with van der Waals surface area (Å²) in [7, 11) is -3.84. The van der Waals surface area contributed by atoms with Crippen LogP contribution >= 0.6 is 0 Å². The summed E-state index contributed by atoms with van der Waals surface area (Å²) in [6.07, 6.45) is -1.23. The zero-order valence-electron chi connectivity index (χ0n) is 17.9. The van der Waals surface area contributed by atoms with E-state index in [2.05, 4.69) is 10.6 Å². The number of ether oxygens (including phenoxy) is 1. The van der Waals surface area contributed by atoms with Crippen LogP contribution in [0, 0.1) is 0 Å². The molecule has 4 N–H and O–H groups in total. The van der Waals surface area contributed by atoms with Gasteiger partial charge in [-0.3, -0.25) is 19.2 Å². The van der Waals surface area contributed by atoms with Crippen LogP contribution in [0.25, 0.3) is 0 Å². The van der Waals surface area contributed by atoms with Gasteiger partial charge in [0.15, 0.2) is 11.9 Å². The van der Waals surface area contributed by atoms with Gasteiger partial charge in [-0.2, -0.15) is 0 Å². The lowest BCUT2D eigenvalue weighted by atomic mass is 10.1. The van der Waals surface area contributed by atoms with E-state index in [1.807, 2.05) is 0 Å². The second kappa shape index (κ2) is 11.9. The van der Waals surface area contributed by atoms with Gasteiger partial charge in [0.05, 0.1) is 11.3 Å². The molecule has 176 valence electrons. The molecule has 2 rings (SSSR count). The van der Waals surface area contributed by atoms with E-state index in [0.29, 0.717) is 11.3 Å². The lowest BCUT2D eigenvalue weighted by molar-refractivity contribution is -0.153. The van der Waals surface area contributed by atoms with Crippen LogP contribution in [0.15, 0.2) is 59.5 Å². The van der Waals surface area contributed by atoms with Crippen molar-refractivity contribution in [1.82, 2.24) is 5.32 Å². The Morgan fingerprint density at radius 3 is 2.18 bits per heavy atom. The average Bonchev–Trinajstić information content (AvgIpc) is 2.77. The Morgan fingerprint density at radius 1 is 0.939 bits per heavy atom. The largest absolute Gasteiger partial charge is 0.452 e. The number of amides is 2. The Bertz CT molecular complexity index is 1100. The highest BCUT2D eigenvalue weighted by Crippen LogP contribution is 2.13. The molecule has 0 bridgehead atoms. The second-order valence-electron chi connectivity index (χ2n) is 7.08.